The monoisotopic (exact) mass is 356 g/mol. The third-order valence-electron chi connectivity index (χ3n) is 2.83. The van der Waals surface area contributed by atoms with Crippen molar-refractivity contribution in [3.63, 3.8) is 0 Å². The van der Waals surface area contributed by atoms with Crippen molar-refractivity contribution in [3.05, 3.63) is 62.8 Å². The molecule has 2 aromatic rings. The Bertz CT molecular complexity index is 658. The Kier molecular flexibility index (Phi) is 4.78. The molecule has 0 aliphatic heterocycles. The highest BCUT2D eigenvalue weighted by atomic mass is 79.9. The normalized spacial score (nSPS) is 10.4. The van der Waals surface area contributed by atoms with Gasteiger partial charge >= 0.3 is 0 Å². The van der Waals surface area contributed by atoms with Crippen LogP contribution in [0.5, 0.6) is 5.75 Å². The van der Waals surface area contributed by atoms with Gasteiger partial charge in [-0.2, -0.15) is 0 Å². The maximum absolute atomic E-state index is 13.6. The van der Waals surface area contributed by atoms with Crippen molar-refractivity contribution in [1.82, 2.24) is 0 Å². The lowest BCUT2D eigenvalue weighted by Gasteiger charge is -2.07. The van der Waals surface area contributed by atoms with Gasteiger partial charge in [-0.25, -0.2) is 4.39 Å². The van der Waals surface area contributed by atoms with E-state index in [9.17, 15) is 9.18 Å². The Morgan fingerprint density at radius 1 is 1.30 bits per heavy atom. The Labute approximate surface area is 129 Å². The highest BCUT2D eigenvalue weighted by Crippen LogP contribution is 2.26. The summed E-state index contributed by atoms with van der Waals surface area (Å²) in [6, 6.07) is 9.17. The quantitative estimate of drug-likeness (QED) is 0.743. The summed E-state index contributed by atoms with van der Waals surface area (Å²) < 4.78 is 19.4. The summed E-state index contributed by atoms with van der Waals surface area (Å²) in [5.74, 6) is 0.0142. The van der Waals surface area contributed by atoms with Crippen LogP contribution in [0.4, 0.5) is 4.39 Å². The Morgan fingerprint density at radius 2 is 2.05 bits per heavy atom. The number of hydrogen-bond donors (Lipinski definition) is 0. The van der Waals surface area contributed by atoms with Gasteiger partial charge in [0, 0.05) is 17.0 Å². The largest absolute Gasteiger partial charge is 0.496 e. The minimum atomic E-state index is -0.435. The summed E-state index contributed by atoms with van der Waals surface area (Å²) in [5.41, 5.74) is 0.770. The molecule has 0 amide bonds. The molecule has 0 saturated heterocycles. The van der Waals surface area contributed by atoms with E-state index in [1.807, 2.05) is 0 Å². The molecule has 0 aliphatic carbocycles. The number of Topliss-reactive ketones (excluding diaryl/α,β-unsaturated/α-hetero) is 1. The van der Waals surface area contributed by atoms with Gasteiger partial charge in [0.1, 0.15) is 11.6 Å². The lowest BCUT2D eigenvalue weighted by molar-refractivity contribution is 0.0991. The molecule has 0 saturated carbocycles. The second-order valence-corrected chi connectivity index (χ2v) is 5.48. The average molecular weight is 358 g/mol. The van der Waals surface area contributed by atoms with Crippen LogP contribution in [0.1, 0.15) is 15.9 Å². The molecule has 2 nitrogen and oxygen atoms in total. The van der Waals surface area contributed by atoms with Crippen molar-refractivity contribution in [2.24, 2.45) is 0 Å². The average Bonchev–Trinajstić information content (AvgIpc) is 2.42. The van der Waals surface area contributed by atoms with Gasteiger partial charge < -0.3 is 4.74 Å². The molecule has 2 rings (SSSR count). The molecule has 0 atom stereocenters. The first-order chi connectivity index (χ1) is 9.51. The van der Waals surface area contributed by atoms with Crippen molar-refractivity contribution in [2.75, 3.05) is 7.11 Å². The summed E-state index contributed by atoms with van der Waals surface area (Å²) in [5, 5.41) is 0.408. The van der Waals surface area contributed by atoms with E-state index in [2.05, 4.69) is 15.9 Å². The third kappa shape index (κ3) is 3.38. The molecule has 5 heteroatoms. The minimum Gasteiger partial charge on any atom is -0.496 e. The topological polar surface area (TPSA) is 26.3 Å². The fourth-order valence-electron chi connectivity index (χ4n) is 1.79. The standard InChI is InChI=1S/C15H11BrClFO2/c1-20-15-5-2-9(7-12(15)16)14(19)8-10-6-11(17)3-4-13(10)18/h2-7H,8H2,1H3. The van der Waals surface area contributed by atoms with Crippen molar-refractivity contribution in [3.8, 4) is 5.75 Å². The lowest BCUT2D eigenvalue weighted by Crippen LogP contribution is -2.05. The summed E-state index contributed by atoms with van der Waals surface area (Å²) in [4.78, 5) is 12.2. The van der Waals surface area contributed by atoms with Crippen LogP contribution in [-0.2, 0) is 6.42 Å². The first kappa shape index (κ1) is 15.0. The molecule has 0 aromatic heterocycles. The van der Waals surface area contributed by atoms with Crippen LogP contribution in [0.25, 0.3) is 0 Å². The van der Waals surface area contributed by atoms with E-state index in [0.29, 0.717) is 20.8 Å². The maximum Gasteiger partial charge on any atom is 0.167 e. The molecule has 0 radical (unpaired) electrons. The van der Waals surface area contributed by atoms with Crippen LogP contribution >= 0.6 is 27.5 Å². The predicted octanol–water partition coefficient (Wildman–Crippen LogP) is 4.68. The first-order valence-corrected chi connectivity index (χ1v) is 6.99. The molecule has 104 valence electrons. The predicted molar refractivity (Wildman–Crippen MR) is 80.1 cm³/mol. The Morgan fingerprint density at radius 3 is 2.70 bits per heavy atom. The van der Waals surface area contributed by atoms with E-state index < -0.39 is 5.82 Å². The molecule has 0 aliphatic rings. The molecule has 2 aromatic carbocycles. The molecule has 0 spiro atoms. The number of methoxy groups -OCH3 is 1. The number of rotatable bonds is 4. The van der Waals surface area contributed by atoms with Crippen LogP contribution in [0, 0.1) is 5.82 Å². The summed E-state index contributed by atoms with van der Waals surface area (Å²) in [6.45, 7) is 0. The highest BCUT2D eigenvalue weighted by Gasteiger charge is 2.12. The zero-order chi connectivity index (χ0) is 14.7. The lowest BCUT2D eigenvalue weighted by atomic mass is 10.0. The van der Waals surface area contributed by atoms with E-state index in [0.717, 1.165) is 0 Å². The smallest absolute Gasteiger partial charge is 0.167 e. The second-order valence-electron chi connectivity index (χ2n) is 4.19. The van der Waals surface area contributed by atoms with E-state index in [1.165, 1.54) is 18.2 Å². The molecule has 0 bridgehead atoms. The maximum atomic E-state index is 13.6. The molecule has 0 heterocycles. The van der Waals surface area contributed by atoms with Crippen LogP contribution in [0.2, 0.25) is 5.02 Å². The molecule has 0 unspecified atom stereocenters. The number of benzene rings is 2. The summed E-state index contributed by atoms with van der Waals surface area (Å²) in [7, 11) is 1.54. The Hall–Kier alpha value is -1.39. The van der Waals surface area contributed by atoms with Gasteiger partial charge in [-0.1, -0.05) is 11.6 Å². The zero-order valence-corrected chi connectivity index (χ0v) is 13.0. The van der Waals surface area contributed by atoms with Crippen molar-refractivity contribution >= 4 is 33.3 Å². The van der Waals surface area contributed by atoms with Crippen LogP contribution in [-0.4, -0.2) is 12.9 Å². The van der Waals surface area contributed by atoms with E-state index in [4.69, 9.17) is 16.3 Å². The van der Waals surface area contributed by atoms with Crippen molar-refractivity contribution in [1.29, 1.82) is 0 Å². The first-order valence-electron chi connectivity index (χ1n) is 5.82. The van der Waals surface area contributed by atoms with Crippen molar-refractivity contribution < 1.29 is 13.9 Å². The van der Waals surface area contributed by atoms with E-state index >= 15 is 0 Å². The Balaban J connectivity index is 2.24. The molecular weight excluding hydrogens is 347 g/mol. The highest BCUT2D eigenvalue weighted by molar-refractivity contribution is 9.10. The zero-order valence-electron chi connectivity index (χ0n) is 10.6. The fourth-order valence-corrected chi connectivity index (χ4v) is 2.53. The number of carbonyl (C=O) groups excluding carboxylic acids is 1. The van der Waals surface area contributed by atoms with Gasteiger partial charge in [-0.15, -0.1) is 0 Å². The van der Waals surface area contributed by atoms with Gasteiger partial charge in [0.05, 0.1) is 11.6 Å². The number of hydrogen-bond acceptors (Lipinski definition) is 2. The molecular formula is C15H11BrClFO2. The SMILES string of the molecule is COc1ccc(C(=O)Cc2cc(Cl)ccc2F)cc1Br. The van der Waals surface area contributed by atoms with E-state index in [1.54, 1.807) is 25.3 Å². The van der Waals surface area contributed by atoms with Crippen LogP contribution in [0.3, 0.4) is 0 Å². The number of carbonyl (C=O) groups is 1. The van der Waals surface area contributed by atoms with Gasteiger partial charge in [0.15, 0.2) is 5.78 Å². The van der Waals surface area contributed by atoms with E-state index in [-0.39, 0.29) is 17.8 Å². The molecule has 0 N–H and O–H groups in total. The molecule has 20 heavy (non-hydrogen) atoms. The van der Waals surface area contributed by atoms with Gasteiger partial charge in [0.2, 0.25) is 0 Å². The minimum absolute atomic E-state index is 0.0365. The summed E-state index contributed by atoms with van der Waals surface area (Å²) in [6.07, 6.45) is -0.0365. The van der Waals surface area contributed by atoms with Gasteiger partial charge in [0.25, 0.3) is 0 Å². The van der Waals surface area contributed by atoms with Gasteiger partial charge in [-0.3, -0.25) is 4.79 Å². The fraction of sp³-hybridized carbons (Fsp3) is 0.133. The third-order valence-corrected chi connectivity index (χ3v) is 3.69. The molecule has 0 fully saturated rings. The van der Waals surface area contributed by atoms with Crippen molar-refractivity contribution in [2.45, 2.75) is 6.42 Å². The second kappa shape index (κ2) is 6.37. The number of halogens is 3. The van der Waals surface area contributed by atoms with Crippen LogP contribution < -0.4 is 4.74 Å². The van der Waals surface area contributed by atoms with Gasteiger partial charge in [-0.05, 0) is 57.9 Å². The number of ether oxygens (including phenoxy) is 1. The number of ketones is 1. The summed E-state index contributed by atoms with van der Waals surface area (Å²) >= 11 is 9.12. The van der Waals surface area contributed by atoms with Crippen LogP contribution in [0.15, 0.2) is 40.9 Å².